The van der Waals surface area contributed by atoms with Crippen molar-refractivity contribution in [2.75, 3.05) is 26.2 Å². The molecule has 2 rings (SSSR count). The van der Waals surface area contributed by atoms with Crippen molar-refractivity contribution in [3.63, 3.8) is 0 Å². The molecular weight excluding hydrogens is 244 g/mol. The second kappa shape index (κ2) is 7.82. The minimum atomic E-state index is -0.129. The Labute approximate surface area is 115 Å². The van der Waals surface area contributed by atoms with Crippen LogP contribution in [0.2, 0.25) is 0 Å². The number of ether oxygens (including phenoxy) is 1. The molecule has 0 radical (unpaired) electrons. The van der Waals surface area contributed by atoms with E-state index in [-0.39, 0.29) is 24.7 Å². The van der Waals surface area contributed by atoms with Gasteiger partial charge in [-0.05, 0) is 57.5 Å². The second-order valence-electron chi connectivity index (χ2n) is 5.74. The fourth-order valence-corrected chi connectivity index (χ4v) is 2.81. The topological polar surface area (TPSA) is 70.6 Å². The van der Waals surface area contributed by atoms with Gasteiger partial charge in [0.15, 0.2) is 0 Å². The largest absolute Gasteiger partial charge is 0.393 e. The van der Waals surface area contributed by atoms with Crippen molar-refractivity contribution in [1.29, 1.82) is 0 Å². The molecule has 19 heavy (non-hydrogen) atoms. The minimum Gasteiger partial charge on any atom is -0.393 e. The van der Waals surface area contributed by atoms with E-state index in [0.29, 0.717) is 5.92 Å². The Balaban J connectivity index is 1.54. The van der Waals surface area contributed by atoms with Gasteiger partial charge < -0.3 is 20.5 Å². The molecule has 5 heteroatoms. The first kappa shape index (κ1) is 14.8. The van der Waals surface area contributed by atoms with Gasteiger partial charge in [0.2, 0.25) is 5.91 Å². The fraction of sp³-hybridized carbons (Fsp3) is 0.929. The van der Waals surface area contributed by atoms with Crippen LogP contribution < -0.4 is 10.6 Å². The first-order valence-corrected chi connectivity index (χ1v) is 7.51. The third kappa shape index (κ3) is 5.47. The van der Waals surface area contributed by atoms with Gasteiger partial charge in [0.05, 0.1) is 12.2 Å². The molecule has 110 valence electrons. The van der Waals surface area contributed by atoms with Crippen LogP contribution in [0.5, 0.6) is 0 Å². The Bertz CT molecular complexity index is 272. The summed E-state index contributed by atoms with van der Waals surface area (Å²) in [5.41, 5.74) is 0. The Kier molecular flexibility index (Phi) is 6.07. The number of piperidine rings is 1. The van der Waals surface area contributed by atoms with E-state index >= 15 is 0 Å². The average molecular weight is 270 g/mol. The number of hydrogen-bond acceptors (Lipinski definition) is 4. The lowest BCUT2D eigenvalue weighted by Gasteiger charge is -2.26. The lowest BCUT2D eigenvalue weighted by atomic mass is 9.87. The van der Waals surface area contributed by atoms with Gasteiger partial charge >= 0.3 is 0 Å². The predicted octanol–water partition coefficient (Wildman–Crippen LogP) is 0.422. The number of carbonyl (C=O) groups excluding carboxylic acids is 1. The Morgan fingerprint density at radius 3 is 2.53 bits per heavy atom. The summed E-state index contributed by atoms with van der Waals surface area (Å²) in [5.74, 6) is 0.510. The van der Waals surface area contributed by atoms with E-state index < -0.39 is 0 Å². The third-order valence-electron chi connectivity index (χ3n) is 4.14. The molecule has 1 aliphatic heterocycles. The van der Waals surface area contributed by atoms with E-state index in [1.165, 1.54) is 0 Å². The van der Waals surface area contributed by atoms with Crippen molar-refractivity contribution >= 4 is 5.91 Å². The van der Waals surface area contributed by atoms with Gasteiger partial charge in [0.1, 0.15) is 6.61 Å². The molecule has 2 aliphatic rings. The molecule has 1 saturated carbocycles. The second-order valence-corrected chi connectivity index (χ2v) is 5.74. The molecule has 1 amide bonds. The van der Waals surface area contributed by atoms with Crippen molar-refractivity contribution in [1.82, 2.24) is 10.6 Å². The van der Waals surface area contributed by atoms with Crippen LogP contribution in [0, 0.1) is 5.92 Å². The summed E-state index contributed by atoms with van der Waals surface area (Å²) in [4.78, 5) is 11.7. The zero-order valence-electron chi connectivity index (χ0n) is 11.6. The first-order valence-electron chi connectivity index (χ1n) is 7.51. The Morgan fingerprint density at radius 2 is 1.84 bits per heavy atom. The number of amides is 1. The highest BCUT2D eigenvalue weighted by atomic mass is 16.5. The van der Waals surface area contributed by atoms with Crippen LogP contribution in [0.15, 0.2) is 0 Å². The Hall–Kier alpha value is -0.650. The molecule has 3 N–H and O–H groups in total. The van der Waals surface area contributed by atoms with E-state index in [4.69, 9.17) is 4.74 Å². The molecule has 1 aliphatic carbocycles. The molecular formula is C14H26N2O3. The summed E-state index contributed by atoms with van der Waals surface area (Å²) >= 11 is 0. The van der Waals surface area contributed by atoms with Crippen LogP contribution in [0.4, 0.5) is 0 Å². The van der Waals surface area contributed by atoms with Crippen molar-refractivity contribution in [3.8, 4) is 0 Å². The molecule has 0 atom stereocenters. The zero-order valence-corrected chi connectivity index (χ0v) is 11.6. The highest BCUT2D eigenvalue weighted by Gasteiger charge is 2.20. The summed E-state index contributed by atoms with van der Waals surface area (Å²) in [6.07, 6.45) is 5.85. The van der Waals surface area contributed by atoms with E-state index in [1.54, 1.807) is 0 Å². The van der Waals surface area contributed by atoms with Crippen LogP contribution in [0.3, 0.4) is 0 Å². The molecule has 0 aromatic heterocycles. The monoisotopic (exact) mass is 270 g/mol. The van der Waals surface area contributed by atoms with Gasteiger partial charge in [-0.2, -0.15) is 0 Å². The number of hydrogen-bond donors (Lipinski definition) is 3. The van der Waals surface area contributed by atoms with Gasteiger partial charge in [-0.3, -0.25) is 4.79 Å². The van der Waals surface area contributed by atoms with Crippen LogP contribution in [-0.2, 0) is 9.53 Å². The molecule has 2 fully saturated rings. The van der Waals surface area contributed by atoms with E-state index in [1.807, 2.05) is 0 Å². The number of aliphatic hydroxyl groups excluding tert-OH is 1. The van der Waals surface area contributed by atoms with Gasteiger partial charge in [-0.25, -0.2) is 0 Å². The smallest absolute Gasteiger partial charge is 0.246 e. The number of aliphatic hydroxyl groups is 1. The molecule has 0 spiro atoms. The van der Waals surface area contributed by atoms with Crippen molar-refractivity contribution in [3.05, 3.63) is 0 Å². The van der Waals surface area contributed by atoms with Crippen molar-refractivity contribution in [2.24, 2.45) is 5.92 Å². The Morgan fingerprint density at radius 1 is 1.16 bits per heavy atom. The summed E-state index contributed by atoms with van der Waals surface area (Å²) in [6.45, 7) is 2.87. The third-order valence-corrected chi connectivity index (χ3v) is 4.14. The summed E-state index contributed by atoms with van der Waals surface area (Å²) < 4.78 is 5.61. The first-order chi connectivity index (χ1) is 9.24. The van der Waals surface area contributed by atoms with Crippen LogP contribution in [-0.4, -0.2) is 49.5 Å². The van der Waals surface area contributed by atoms with Gasteiger partial charge in [-0.15, -0.1) is 0 Å². The lowest BCUT2D eigenvalue weighted by molar-refractivity contribution is -0.128. The molecule has 0 aromatic rings. The normalized spacial score (nSPS) is 29.1. The molecule has 0 bridgehead atoms. The van der Waals surface area contributed by atoms with Crippen molar-refractivity contribution < 1.29 is 14.6 Å². The molecule has 0 aromatic carbocycles. The maximum atomic E-state index is 11.7. The number of rotatable bonds is 5. The fourth-order valence-electron chi connectivity index (χ4n) is 2.81. The zero-order chi connectivity index (χ0) is 13.5. The van der Waals surface area contributed by atoms with E-state index in [2.05, 4.69) is 10.6 Å². The summed E-state index contributed by atoms with van der Waals surface area (Å²) in [7, 11) is 0. The SMILES string of the molecule is O=C(COC1CCNCC1)NCC1CCC(O)CC1. The summed E-state index contributed by atoms with van der Waals surface area (Å²) in [6, 6.07) is 0. The highest BCUT2D eigenvalue weighted by Crippen LogP contribution is 2.23. The van der Waals surface area contributed by atoms with E-state index in [9.17, 15) is 9.90 Å². The molecule has 1 saturated heterocycles. The molecule has 1 heterocycles. The minimum absolute atomic E-state index is 0.00958. The lowest BCUT2D eigenvalue weighted by Crippen LogP contribution is -2.37. The van der Waals surface area contributed by atoms with Gasteiger partial charge in [0.25, 0.3) is 0 Å². The number of carbonyl (C=O) groups is 1. The standard InChI is InChI=1S/C14H26N2O3/c17-12-3-1-11(2-4-12)9-16-14(18)10-19-13-5-7-15-8-6-13/h11-13,15,17H,1-10H2,(H,16,18). The maximum absolute atomic E-state index is 11.7. The predicted molar refractivity (Wildman–Crippen MR) is 72.8 cm³/mol. The van der Waals surface area contributed by atoms with E-state index in [0.717, 1.165) is 58.2 Å². The highest BCUT2D eigenvalue weighted by molar-refractivity contribution is 5.77. The molecule has 0 unspecified atom stereocenters. The van der Waals surface area contributed by atoms with Gasteiger partial charge in [0, 0.05) is 6.54 Å². The molecule has 5 nitrogen and oxygen atoms in total. The number of nitrogens with one attached hydrogen (secondary N) is 2. The van der Waals surface area contributed by atoms with Gasteiger partial charge in [-0.1, -0.05) is 0 Å². The van der Waals surface area contributed by atoms with Crippen LogP contribution in [0.1, 0.15) is 38.5 Å². The maximum Gasteiger partial charge on any atom is 0.246 e. The van der Waals surface area contributed by atoms with Crippen LogP contribution in [0.25, 0.3) is 0 Å². The summed E-state index contributed by atoms with van der Waals surface area (Å²) in [5, 5.41) is 15.6. The van der Waals surface area contributed by atoms with Crippen molar-refractivity contribution in [2.45, 2.75) is 50.7 Å². The quantitative estimate of drug-likeness (QED) is 0.677. The van der Waals surface area contributed by atoms with Crippen LogP contribution >= 0.6 is 0 Å². The average Bonchev–Trinajstić information content (AvgIpc) is 2.45.